The minimum Gasteiger partial charge on any atom is -0.506 e. The van der Waals surface area contributed by atoms with E-state index in [1.165, 1.54) is 16.3 Å². The second-order valence-corrected chi connectivity index (χ2v) is 11.4. The minimum atomic E-state index is -0.150. The van der Waals surface area contributed by atoms with E-state index < -0.39 is 0 Å². The largest absolute Gasteiger partial charge is 0.506 e. The number of fused-ring (bicyclic) bond motifs is 2. The molecule has 1 aromatic heterocycles. The van der Waals surface area contributed by atoms with E-state index in [1.807, 2.05) is 11.0 Å². The van der Waals surface area contributed by atoms with E-state index in [9.17, 15) is 14.7 Å². The highest BCUT2D eigenvalue weighted by Crippen LogP contribution is 2.28. The molecule has 0 atom stereocenters. The number of H-pyrrole nitrogens is 1. The quantitative estimate of drug-likeness (QED) is 0.151. The first-order valence-corrected chi connectivity index (χ1v) is 15.7. The number of amides is 1. The zero-order valence-corrected chi connectivity index (χ0v) is 25.2. The molecule has 0 bridgehead atoms. The molecule has 41 heavy (non-hydrogen) atoms. The number of carbonyl (C=O) groups is 1. The molecule has 7 nitrogen and oxygen atoms in total. The maximum Gasteiger partial charge on any atom is 0.305 e. The second-order valence-electron chi connectivity index (χ2n) is 10.4. The van der Waals surface area contributed by atoms with E-state index in [4.69, 9.17) is 4.74 Å². The van der Waals surface area contributed by atoms with Crippen LogP contribution in [-0.4, -0.2) is 71.7 Å². The molecule has 0 unspecified atom stereocenters. The summed E-state index contributed by atoms with van der Waals surface area (Å²) in [6.07, 6.45) is 4.93. The standard InChI is InChI=1S/C33H43N3O4S/c1-3-35(4-2)21-22-36(20-9-5-6-12-27-16-17-29(37)31-32(27)41-33(39)34-31)30(38)19-24-40-23-18-26-14-10-13-25-11-7-8-15-28(25)26/h7-8,10-11,13-17,37H,3-6,9,12,18-24H2,1-2H3,(H,34,39). The average Bonchev–Trinajstić information content (AvgIpc) is 3.39. The van der Waals surface area contributed by atoms with Crippen molar-refractivity contribution in [2.45, 2.75) is 52.4 Å². The molecule has 8 heteroatoms. The van der Waals surface area contributed by atoms with Crippen LogP contribution in [0.2, 0.25) is 0 Å². The topological polar surface area (TPSA) is 85.9 Å². The number of aromatic amines is 1. The Kier molecular flexibility index (Phi) is 11.8. The molecule has 4 rings (SSSR count). The summed E-state index contributed by atoms with van der Waals surface area (Å²) in [5.41, 5.74) is 2.88. The molecule has 0 aliphatic rings. The average molecular weight is 578 g/mol. The molecule has 0 aliphatic carbocycles. The van der Waals surface area contributed by atoms with E-state index in [0.717, 1.165) is 86.4 Å². The SMILES string of the molecule is CCN(CC)CCN(CCCCCc1ccc(O)c2[nH]c(=O)sc12)C(=O)CCOCCc1cccc2ccccc12. The van der Waals surface area contributed by atoms with Crippen LogP contribution in [0.25, 0.3) is 21.0 Å². The highest BCUT2D eigenvalue weighted by Gasteiger charge is 2.15. The lowest BCUT2D eigenvalue weighted by Gasteiger charge is -2.26. The van der Waals surface area contributed by atoms with Gasteiger partial charge < -0.3 is 24.6 Å². The zero-order chi connectivity index (χ0) is 29.0. The number of nitrogens with zero attached hydrogens (tertiary/aromatic N) is 2. The highest BCUT2D eigenvalue weighted by atomic mass is 32.1. The Hall–Kier alpha value is -3.20. The van der Waals surface area contributed by atoms with Gasteiger partial charge in [0.1, 0.15) is 11.3 Å². The normalized spacial score (nSPS) is 11.6. The minimum absolute atomic E-state index is 0.113. The lowest BCUT2D eigenvalue weighted by atomic mass is 10.0. The number of aromatic nitrogens is 1. The van der Waals surface area contributed by atoms with Crippen LogP contribution in [-0.2, 0) is 22.4 Å². The number of aromatic hydroxyl groups is 1. The van der Waals surface area contributed by atoms with Gasteiger partial charge in [-0.15, -0.1) is 0 Å². The van der Waals surface area contributed by atoms with E-state index in [1.54, 1.807) is 6.07 Å². The lowest BCUT2D eigenvalue weighted by molar-refractivity contribution is -0.132. The number of hydrogen-bond donors (Lipinski definition) is 2. The zero-order valence-electron chi connectivity index (χ0n) is 24.4. The molecule has 0 radical (unpaired) electrons. The molecule has 4 aromatic rings. The van der Waals surface area contributed by atoms with Crippen LogP contribution in [0.5, 0.6) is 5.75 Å². The monoisotopic (exact) mass is 577 g/mol. The van der Waals surface area contributed by atoms with Crippen LogP contribution >= 0.6 is 11.3 Å². The third kappa shape index (κ3) is 8.64. The van der Waals surface area contributed by atoms with Crippen molar-refractivity contribution < 1.29 is 14.6 Å². The van der Waals surface area contributed by atoms with Gasteiger partial charge >= 0.3 is 4.87 Å². The fourth-order valence-electron chi connectivity index (χ4n) is 5.34. The number of aryl methyl sites for hydroxylation is 1. The molecule has 2 N–H and O–H groups in total. The fourth-order valence-corrected chi connectivity index (χ4v) is 6.24. The van der Waals surface area contributed by atoms with Crippen LogP contribution in [0.4, 0.5) is 0 Å². The van der Waals surface area contributed by atoms with Crippen molar-refractivity contribution in [3.63, 3.8) is 0 Å². The Morgan fingerprint density at radius 2 is 1.68 bits per heavy atom. The maximum atomic E-state index is 13.2. The van der Waals surface area contributed by atoms with E-state index in [0.29, 0.717) is 25.2 Å². The van der Waals surface area contributed by atoms with Crippen molar-refractivity contribution in [3.05, 3.63) is 75.4 Å². The molecule has 220 valence electrons. The molecule has 0 spiro atoms. The molecule has 1 heterocycles. The number of nitrogens with one attached hydrogen (secondary N) is 1. The summed E-state index contributed by atoms with van der Waals surface area (Å²) in [6, 6.07) is 18.3. The predicted octanol–water partition coefficient (Wildman–Crippen LogP) is 5.98. The smallest absolute Gasteiger partial charge is 0.305 e. The van der Waals surface area contributed by atoms with Gasteiger partial charge in [-0.1, -0.05) is 80.1 Å². The predicted molar refractivity (Wildman–Crippen MR) is 169 cm³/mol. The van der Waals surface area contributed by atoms with E-state index in [-0.39, 0.29) is 16.5 Å². The van der Waals surface area contributed by atoms with Crippen molar-refractivity contribution in [2.75, 3.05) is 45.9 Å². The van der Waals surface area contributed by atoms with E-state index in [2.05, 4.69) is 66.2 Å². The molecule has 1 amide bonds. The number of benzene rings is 3. The number of rotatable bonds is 17. The lowest BCUT2D eigenvalue weighted by Crippen LogP contribution is -2.39. The molecule has 0 saturated carbocycles. The van der Waals surface area contributed by atoms with Gasteiger partial charge in [0, 0.05) is 19.6 Å². The first-order valence-electron chi connectivity index (χ1n) is 14.9. The summed E-state index contributed by atoms with van der Waals surface area (Å²) in [6.45, 7) is 9.62. The number of ether oxygens (including phenoxy) is 1. The summed E-state index contributed by atoms with van der Waals surface area (Å²) in [7, 11) is 0. The van der Waals surface area contributed by atoms with Gasteiger partial charge in [-0.25, -0.2) is 0 Å². The van der Waals surface area contributed by atoms with Crippen LogP contribution in [0.15, 0.2) is 59.4 Å². The molecular weight excluding hydrogens is 534 g/mol. The van der Waals surface area contributed by atoms with Gasteiger partial charge in [-0.3, -0.25) is 9.59 Å². The van der Waals surface area contributed by atoms with Crippen molar-refractivity contribution in [1.29, 1.82) is 0 Å². The van der Waals surface area contributed by atoms with Gasteiger partial charge in [-0.05, 0) is 66.7 Å². The van der Waals surface area contributed by atoms with Crippen LogP contribution in [0.3, 0.4) is 0 Å². The summed E-state index contributed by atoms with van der Waals surface area (Å²) in [5.74, 6) is 0.265. The van der Waals surface area contributed by atoms with Crippen LogP contribution < -0.4 is 4.87 Å². The van der Waals surface area contributed by atoms with Gasteiger partial charge in [0.05, 0.1) is 24.3 Å². The van der Waals surface area contributed by atoms with Gasteiger partial charge in [0.2, 0.25) is 5.91 Å². The highest BCUT2D eigenvalue weighted by molar-refractivity contribution is 7.16. The molecule has 0 saturated heterocycles. The maximum absolute atomic E-state index is 13.2. The first kappa shape index (κ1) is 30.8. The molecule has 3 aromatic carbocycles. The number of thiazole rings is 1. The van der Waals surface area contributed by atoms with Gasteiger partial charge in [-0.2, -0.15) is 0 Å². The Labute approximate surface area is 246 Å². The van der Waals surface area contributed by atoms with Crippen molar-refractivity contribution >= 4 is 38.2 Å². The Morgan fingerprint density at radius 3 is 2.51 bits per heavy atom. The number of phenolic OH excluding ortho intramolecular Hbond substituents is 1. The summed E-state index contributed by atoms with van der Waals surface area (Å²) in [5, 5.41) is 12.5. The molecular formula is C33H43N3O4S. The Bertz CT molecular complexity index is 1450. The van der Waals surface area contributed by atoms with Crippen molar-refractivity contribution in [3.8, 4) is 5.75 Å². The number of hydrogen-bond acceptors (Lipinski definition) is 6. The van der Waals surface area contributed by atoms with Crippen LogP contribution in [0.1, 0.15) is 50.7 Å². The van der Waals surface area contributed by atoms with Crippen LogP contribution in [0, 0.1) is 0 Å². The van der Waals surface area contributed by atoms with Crippen molar-refractivity contribution in [2.24, 2.45) is 0 Å². The Balaban J connectivity index is 1.23. The van der Waals surface area contributed by atoms with Gasteiger partial charge in [0.25, 0.3) is 0 Å². The van der Waals surface area contributed by atoms with E-state index >= 15 is 0 Å². The Morgan fingerprint density at radius 1 is 0.878 bits per heavy atom. The summed E-state index contributed by atoms with van der Waals surface area (Å²) >= 11 is 1.15. The number of carbonyl (C=O) groups excluding carboxylic acids is 1. The molecule has 0 fully saturated rings. The van der Waals surface area contributed by atoms with Crippen molar-refractivity contribution in [1.82, 2.24) is 14.8 Å². The second kappa shape index (κ2) is 15.7. The fraction of sp³-hybridized carbons (Fsp3) is 0.455. The third-order valence-corrected chi connectivity index (χ3v) is 8.76. The van der Waals surface area contributed by atoms with Gasteiger partial charge in [0.15, 0.2) is 0 Å². The summed E-state index contributed by atoms with van der Waals surface area (Å²) < 4.78 is 6.75. The number of phenols is 1. The first-order chi connectivity index (χ1) is 20.0. The number of likely N-dealkylation sites (N-methyl/N-ethyl adjacent to an activating group) is 1. The molecule has 0 aliphatic heterocycles. The third-order valence-electron chi connectivity index (χ3n) is 7.80. The number of unbranched alkanes of at least 4 members (excludes halogenated alkanes) is 2. The summed E-state index contributed by atoms with van der Waals surface area (Å²) in [4.78, 5) is 31.9.